The first kappa shape index (κ1) is 17.2. The number of benzene rings is 1. The molecule has 1 aliphatic rings. The molecule has 0 aromatic heterocycles. The molecule has 2 rings (SSSR count). The van der Waals surface area contributed by atoms with Gasteiger partial charge in [0, 0.05) is 30.9 Å². The molecule has 1 amide bonds. The molecule has 1 aromatic rings. The topological polar surface area (TPSA) is 60.0 Å². The summed E-state index contributed by atoms with van der Waals surface area (Å²) in [5.74, 6) is 1.80. The number of rotatable bonds is 6. The van der Waals surface area contributed by atoms with E-state index in [4.69, 9.17) is 14.2 Å². The fourth-order valence-electron chi connectivity index (χ4n) is 2.79. The minimum atomic E-state index is 0.126. The van der Waals surface area contributed by atoms with Crippen LogP contribution in [0.5, 0.6) is 17.2 Å². The second-order valence-corrected chi connectivity index (χ2v) is 5.56. The van der Waals surface area contributed by atoms with Crippen molar-refractivity contribution in [1.82, 2.24) is 4.90 Å². The van der Waals surface area contributed by atoms with Gasteiger partial charge in [-0.25, -0.2) is 0 Å². The van der Waals surface area contributed by atoms with Crippen molar-refractivity contribution in [1.29, 1.82) is 0 Å². The van der Waals surface area contributed by atoms with Crippen LogP contribution >= 0.6 is 0 Å². The average molecular weight is 322 g/mol. The predicted molar refractivity (Wildman–Crippen MR) is 89.6 cm³/mol. The van der Waals surface area contributed by atoms with Crippen LogP contribution < -0.4 is 19.5 Å². The van der Waals surface area contributed by atoms with Crippen LogP contribution in [0.4, 0.5) is 5.69 Å². The third kappa shape index (κ3) is 4.43. The normalized spacial score (nSPS) is 14.8. The maximum absolute atomic E-state index is 12.3. The fourth-order valence-corrected chi connectivity index (χ4v) is 2.79. The summed E-state index contributed by atoms with van der Waals surface area (Å²) in [6.45, 7) is 1.98. The van der Waals surface area contributed by atoms with Gasteiger partial charge >= 0.3 is 0 Å². The molecule has 0 bridgehead atoms. The molecule has 0 radical (unpaired) electrons. The summed E-state index contributed by atoms with van der Waals surface area (Å²) in [6.07, 6.45) is 4.61. The molecule has 1 aromatic carbocycles. The highest BCUT2D eigenvalue weighted by atomic mass is 16.5. The molecule has 0 saturated carbocycles. The van der Waals surface area contributed by atoms with Crippen molar-refractivity contribution in [2.24, 2.45) is 0 Å². The van der Waals surface area contributed by atoms with E-state index in [0.29, 0.717) is 17.2 Å². The van der Waals surface area contributed by atoms with Gasteiger partial charge in [-0.15, -0.1) is 0 Å². The van der Waals surface area contributed by atoms with Gasteiger partial charge in [-0.05, 0) is 12.8 Å². The summed E-state index contributed by atoms with van der Waals surface area (Å²) < 4.78 is 15.9. The number of hydrogen-bond acceptors (Lipinski definition) is 5. The van der Waals surface area contributed by atoms with Gasteiger partial charge in [0.2, 0.25) is 11.7 Å². The van der Waals surface area contributed by atoms with Crippen molar-refractivity contribution in [3.8, 4) is 17.2 Å². The van der Waals surface area contributed by atoms with E-state index < -0.39 is 0 Å². The van der Waals surface area contributed by atoms with Crippen molar-refractivity contribution in [2.45, 2.75) is 25.7 Å². The van der Waals surface area contributed by atoms with E-state index in [-0.39, 0.29) is 12.5 Å². The maximum atomic E-state index is 12.3. The van der Waals surface area contributed by atoms with E-state index in [1.54, 1.807) is 33.5 Å². The van der Waals surface area contributed by atoms with Crippen LogP contribution in [0.15, 0.2) is 12.1 Å². The number of methoxy groups -OCH3 is 3. The van der Waals surface area contributed by atoms with Gasteiger partial charge in [0.15, 0.2) is 11.5 Å². The molecule has 0 atom stereocenters. The quantitative estimate of drug-likeness (QED) is 0.872. The third-order valence-electron chi connectivity index (χ3n) is 4.07. The number of amides is 1. The Morgan fingerprint density at radius 1 is 1.00 bits per heavy atom. The van der Waals surface area contributed by atoms with Crippen LogP contribution in [0.1, 0.15) is 25.7 Å². The molecular weight excluding hydrogens is 296 g/mol. The van der Waals surface area contributed by atoms with Crippen LogP contribution in [0.2, 0.25) is 0 Å². The zero-order valence-corrected chi connectivity index (χ0v) is 14.2. The Hall–Kier alpha value is -2.11. The molecule has 6 nitrogen and oxygen atoms in total. The van der Waals surface area contributed by atoms with E-state index in [1.165, 1.54) is 12.8 Å². The monoisotopic (exact) mass is 322 g/mol. The first-order chi connectivity index (χ1) is 11.2. The van der Waals surface area contributed by atoms with Crippen LogP contribution in [-0.2, 0) is 4.79 Å². The molecule has 0 unspecified atom stereocenters. The van der Waals surface area contributed by atoms with Crippen LogP contribution in [0, 0.1) is 0 Å². The third-order valence-corrected chi connectivity index (χ3v) is 4.07. The van der Waals surface area contributed by atoms with E-state index in [2.05, 4.69) is 5.32 Å². The van der Waals surface area contributed by atoms with E-state index in [1.807, 2.05) is 4.90 Å². The van der Waals surface area contributed by atoms with Crippen LogP contribution in [0.3, 0.4) is 0 Å². The zero-order chi connectivity index (χ0) is 16.7. The Balaban J connectivity index is 2.03. The number of hydrogen-bond donors (Lipinski definition) is 1. The van der Waals surface area contributed by atoms with E-state index in [9.17, 15) is 4.79 Å². The summed E-state index contributed by atoms with van der Waals surface area (Å²) in [5, 5.41) is 3.16. The van der Waals surface area contributed by atoms with Crippen molar-refractivity contribution in [3.05, 3.63) is 12.1 Å². The van der Waals surface area contributed by atoms with Gasteiger partial charge in [0.25, 0.3) is 0 Å². The standard InChI is InChI=1S/C17H26N2O4/c1-21-14-10-13(11-15(22-2)17(14)23-3)18-12-16(20)19-8-6-4-5-7-9-19/h10-11,18H,4-9,12H2,1-3H3. The molecule has 1 aliphatic heterocycles. The molecule has 1 heterocycles. The first-order valence-electron chi connectivity index (χ1n) is 8.01. The van der Waals surface area contributed by atoms with Gasteiger partial charge < -0.3 is 24.4 Å². The number of nitrogens with one attached hydrogen (secondary N) is 1. The second kappa shape index (κ2) is 8.50. The molecular formula is C17H26N2O4. The molecule has 6 heteroatoms. The van der Waals surface area contributed by atoms with Gasteiger partial charge in [-0.3, -0.25) is 4.79 Å². The zero-order valence-electron chi connectivity index (χ0n) is 14.2. The van der Waals surface area contributed by atoms with Gasteiger partial charge in [0.05, 0.1) is 27.9 Å². The lowest BCUT2D eigenvalue weighted by molar-refractivity contribution is -0.129. The SMILES string of the molecule is COc1cc(NCC(=O)N2CCCCCC2)cc(OC)c1OC. The van der Waals surface area contributed by atoms with Gasteiger partial charge in [0.1, 0.15) is 0 Å². The van der Waals surface area contributed by atoms with Crippen molar-refractivity contribution < 1.29 is 19.0 Å². The maximum Gasteiger partial charge on any atom is 0.241 e. The summed E-state index contributed by atoms with van der Waals surface area (Å²) in [4.78, 5) is 14.3. The first-order valence-corrected chi connectivity index (χ1v) is 8.01. The lowest BCUT2D eigenvalue weighted by Crippen LogP contribution is -2.36. The number of anilines is 1. The highest BCUT2D eigenvalue weighted by molar-refractivity contribution is 5.81. The van der Waals surface area contributed by atoms with Gasteiger partial charge in [-0.2, -0.15) is 0 Å². The Morgan fingerprint density at radius 2 is 1.57 bits per heavy atom. The Kier molecular flexibility index (Phi) is 6.38. The van der Waals surface area contributed by atoms with E-state index >= 15 is 0 Å². The Bertz CT molecular complexity index is 500. The average Bonchev–Trinajstić information content (AvgIpc) is 2.87. The number of likely N-dealkylation sites (tertiary alicyclic amines) is 1. The molecule has 128 valence electrons. The lowest BCUT2D eigenvalue weighted by Gasteiger charge is -2.21. The smallest absolute Gasteiger partial charge is 0.241 e. The molecule has 0 aliphatic carbocycles. The summed E-state index contributed by atoms with van der Waals surface area (Å²) in [7, 11) is 4.71. The van der Waals surface area contributed by atoms with Crippen molar-refractivity contribution >= 4 is 11.6 Å². The summed E-state index contributed by atoms with van der Waals surface area (Å²) in [5.41, 5.74) is 0.766. The van der Waals surface area contributed by atoms with Crippen LogP contribution in [0.25, 0.3) is 0 Å². The molecule has 0 spiro atoms. The van der Waals surface area contributed by atoms with Gasteiger partial charge in [-0.1, -0.05) is 12.8 Å². The highest BCUT2D eigenvalue weighted by Crippen LogP contribution is 2.39. The highest BCUT2D eigenvalue weighted by Gasteiger charge is 2.17. The number of nitrogens with zero attached hydrogens (tertiary/aromatic N) is 1. The molecule has 1 fully saturated rings. The minimum Gasteiger partial charge on any atom is -0.493 e. The van der Waals surface area contributed by atoms with Crippen molar-refractivity contribution in [2.75, 3.05) is 46.3 Å². The number of ether oxygens (including phenoxy) is 3. The lowest BCUT2D eigenvalue weighted by atomic mass is 10.2. The Morgan fingerprint density at radius 3 is 2.04 bits per heavy atom. The predicted octanol–water partition coefficient (Wildman–Crippen LogP) is 2.53. The van der Waals surface area contributed by atoms with E-state index in [0.717, 1.165) is 31.6 Å². The Labute approximate surface area is 137 Å². The summed E-state index contributed by atoms with van der Waals surface area (Å²) in [6, 6.07) is 3.61. The molecule has 1 N–H and O–H groups in total. The minimum absolute atomic E-state index is 0.126. The molecule has 23 heavy (non-hydrogen) atoms. The summed E-state index contributed by atoms with van der Waals surface area (Å²) >= 11 is 0. The number of carbonyl (C=O) groups excluding carboxylic acids is 1. The van der Waals surface area contributed by atoms with Crippen molar-refractivity contribution in [3.63, 3.8) is 0 Å². The second-order valence-electron chi connectivity index (χ2n) is 5.56. The fraction of sp³-hybridized carbons (Fsp3) is 0.588. The molecule has 1 saturated heterocycles. The number of carbonyl (C=O) groups is 1. The largest absolute Gasteiger partial charge is 0.493 e. The van der Waals surface area contributed by atoms with Crippen LogP contribution in [-0.4, -0.2) is 51.8 Å².